The van der Waals surface area contributed by atoms with E-state index in [0.29, 0.717) is 12.6 Å². The third kappa shape index (κ3) is 3.85. The highest BCUT2D eigenvalue weighted by Gasteiger charge is 2.24. The van der Waals surface area contributed by atoms with Gasteiger partial charge in [0.15, 0.2) is 6.21 Å². The van der Waals surface area contributed by atoms with Gasteiger partial charge in [-0.25, -0.2) is 9.18 Å². The molecule has 0 unspecified atom stereocenters. The first-order valence-corrected chi connectivity index (χ1v) is 8.06. The molecule has 1 aliphatic carbocycles. The van der Waals surface area contributed by atoms with Crippen molar-refractivity contribution in [3.8, 4) is 0 Å². The number of aliphatic carboxylic acids is 1. The molecule has 0 aliphatic heterocycles. The molecular weight excluding hydrogens is 335 g/mol. The summed E-state index contributed by atoms with van der Waals surface area (Å²) in [5, 5.41) is 11.9. The zero-order valence-corrected chi connectivity index (χ0v) is 14.1. The monoisotopic (exact) mass is 352 g/mol. The number of nitrogens with zero attached hydrogens (tertiary/aromatic N) is 2. The molecule has 0 amide bonds. The fourth-order valence-corrected chi connectivity index (χ4v) is 2.98. The van der Waals surface area contributed by atoms with E-state index in [1.54, 1.807) is 18.5 Å². The van der Waals surface area contributed by atoms with Gasteiger partial charge in [-0.2, -0.15) is 0 Å². The number of halogens is 1. The van der Waals surface area contributed by atoms with Crippen molar-refractivity contribution in [3.63, 3.8) is 0 Å². The van der Waals surface area contributed by atoms with Gasteiger partial charge in [-0.1, -0.05) is 11.2 Å². The zero-order valence-electron chi connectivity index (χ0n) is 14.1. The molecule has 0 radical (unpaired) electrons. The van der Waals surface area contributed by atoms with Gasteiger partial charge in [0.2, 0.25) is 0 Å². The summed E-state index contributed by atoms with van der Waals surface area (Å²) in [4.78, 5) is 19.4. The topological polar surface area (TPSA) is 71.8 Å². The van der Waals surface area contributed by atoms with Gasteiger partial charge in [0.1, 0.15) is 12.4 Å². The van der Waals surface area contributed by atoms with Crippen LogP contribution in [0.5, 0.6) is 0 Å². The second-order valence-corrected chi connectivity index (χ2v) is 5.79. The van der Waals surface area contributed by atoms with E-state index in [1.807, 2.05) is 25.1 Å². The molecule has 1 aromatic carbocycles. The summed E-state index contributed by atoms with van der Waals surface area (Å²) in [7, 11) is 0. The summed E-state index contributed by atoms with van der Waals surface area (Å²) >= 11 is 0. The quantitative estimate of drug-likeness (QED) is 0.484. The first-order chi connectivity index (χ1) is 12.6. The summed E-state index contributed by atoms with van der Waals surface area (Å²) in [5.74, 6) is -1.47. The first kappa shape index (κ1) is 17.5. The van der Waals surface area contributed by atoms with Crippen LogP contribution in [0.2, 0.25) is 0 Å². The Bertz CT molecular complexity index is 918. The van der Waals surface area contributed by atoms with Gasteiger partial charge in [0.05, 0.1) is 0 Å². The third-order valence-corrected chi connectivity index (χ3v) is 4.15. The minimum Gasteiger partial charge on any atom is -0.477 e. The summed E-state index contributed by atoms with van der Waals surface area (Å²) < 4.78 is 13.8. The van der Waals surface area contributed by atoms with E-state index in [0.717, 1.165) is 33.4 Å². The van der Waals surface area contributed by atoms with Crippen molar-refractivity contribution in [1.82, 2.24) is 4.98 Å². The predicted octanol–water partition coefficient (Wildman–Crippen LogP) is 4.03. The van der Waals surface area contributed by atoms with Crippen LogP contribution in [0, 0.1) is 5.82 Å². The Morgan fingerprint density at radius 2 is 2.04 bits per heavy atom. The Hall–Kier alpha value is -3.28. The van der Waals surface area contributed by atoms with Crippen LogP contribution in [0.25, 0.3) is 17.2 Å². The Morgan fingerprint density at radius 3 is 2.77 bits per heavy atom. The molecule has 0 saturated heterocycles. The van der Waals surface area contributed by atoms with E-state index < -0.39 is 5.97 Å². The lowest BCUT2D eigenvalue weighted by atomic mass is 10.0. The van der Waals surface area contributed by atoms with Gasteiger partial charge in [-0.15, -0.1) is 0 Å². The minimum absolute atomic E-state index is 0.203. The number of carbonyl (C=O) groups is 1. The van der Waals surface area contributed by atoms with Crippen LogP contribution >= 0.6 is 0 Å². The molecule has 26 heavy (non-hydrogen) atoms. The standard InChI is InChI=1S/C20H17FN2O3/c1-13-16(6-9-26-23-12-20(24)25)19-11-15(21)2-3-17(19)18(13)10-14-4-7-22-8-5-14/h2-5,7-8,10-12H,6,9H2,1H3,(H,24,25)/b18-10-,23-12?. The average molecular weight is 352 g/mol. The maximum atomic E-state index is 13.8. The van der Waals surface area contributed by atoms with Gasteiger partial charge in [-0.3, -0.25) is 4.98 Å². The molecule has 0 spiro atoms. The number of aromatic nitrogens is 1. The molecular formula is C20H17FN2O3. The van der Waals surface area contributed by atoms with Crippen molar-refractivity contribution in [2.45, 2.75) is 13.3 Å². The summed E-state index contributed by atoms with van der Waals surface area (Å²) in [5.41, 5.74) is 5.82. The lowest BCUT2D eigenvalue weighted by Gasteiger charge is -2.05. The van der Waals surface area contributed by atoms with E-state index in [4.69, 9.17) is 9.94 Å². The molecule has 0 bridgehead atoms. The van der Waals surface area contributed by atoms with Crippen LogP contribution in [0.1, 0.15) is 30.0 Å². The fraction of sp³-hybridized carbons (Fsp3) is 0.150. The molecule has 3 rings (SSSR count). The molecule has 0 atom stereocenters. The summed E-state index contributed by atoms with van der Waals surface area (Å²) in [6.45, 7) is 2.19. The molecule has 1 aliphatic rings. The molecule has 1 heterocycles. The minimum atomic E-state index is -1.17. The molecule has 2 aromatic rings. The average Bonchev–Trinajstić information content (AvgIpc) is 2.87. The van der Waals surface area contributed by atoms with Crippen molar-refractivity contribution in [3.05, 3.63) is 70.8 Å². The lowest BCUT2D eigenvalue weighted by molar-refractivity contribution is -0.129. The Balaban J connectivity index is 1.91. The van der Waals surface area contributed by atoms with Gasteiger partial charge in [0.25, 0.3) is 0 Å². The van der Waals surface area contributed by atoms with Gasteiger partial charge in [-0.05, 0) is 70.7 Å². The van der Waals surface area contributed by atoms with Crippen molar-refractivity contribution in [2.24, 2.45) is 5.16 Å². The summed E-state index contributed by atoms with van der Waals surface area (Å²) in [6.07, 6.45) is 6.68. The number of allylic oxidation sites excluding steroid dienone is 2. The van der Waals surface area contributed by atoms with Crippen LogP contribution in [0.4, 0.5) is 4.39 Å². The number of carboxylic acid groups (broad SMARTS) is 1. The van der Waals surface area contributed by atoms with Crippen molar-refractivity contribution in [2.75, 3.05) is 6.61 Å². The molecule has 1 aromatic heterocycles. The van der Waals surface area contributed by atoms with Crippen LogP contribution in [-0.2, 0) is 9.63 Å². The predicted molar refractivity (Wildman–Crippen MR) is 97.8 cm³/mol. The molecule has 1 N–H and O–H groups in total. The van der Waals surface area contributed by atoms with Gasteiger partial charge >= 0.3 is 5.97 Å². The van der Waals surface area contributed by atoms with E-state index in [-0.39, 0.29) is 12.4 Å². The van der Waals surface area contributed by atoms with E-state index in [1.165, 1.54) is 12.1 Å². The largest absolute Gasteiger partial charge is 0.477 e. The van der Waals surface area contributed by atoms with Crippen LogP contribution in [-0.4, -0.2) is 28.9 Å². The Labute approximate surface area is 150 Å². The Morgan fingerprint density at radius 1 is 1.27 bits per heavy atom. The number of carboxylic acids is 1. The van der Waals surface area contributed by atoms with Gasteiger partial charge < -0.3 is 9.94 Å². The molecule has 132 valence electrons. The molecule has 0 saturated carbocycles. The normalized spacial score (nSPS) is 14.9. The van der Waals surface area contributed by atoms with Crippen LogP contribution in [0.15, 0.2) is 53.5 Å². The number of fused-ring (bicyclic) bond motifs is 1. The second-order valence-electron chi connectivity index (χ2n) is 5.79. The fourth-order valence-electron chi connectivity index (χ4n) is 2.98. The van der Waals surface area contributed by atoms with Gasteiger partial charge in [0, 0.05) is 18.8 Å². The maximum Gasteiger partial charge on any atom is 0.350 e. The Kier molecular flexibility index (Phi) is 5.22. The highest BCUT2D eigenvalue weighted by atomic mass is 19.1. The SMILES string of the molecule is CC1=C(CCON=CC(=O)O)c2cc(F)ccc2/C1=C\c1ccncc1. The van der Waals surface area contributed by atoms with E-state index >= 15 is 0 Å². The number of pyridine rings is 1. The smallest absolute Gasteiger partial charge is 0.350 e. The number of hydrogen-bond donors (Lipinski definition) is 1. The van der Waals surface area contributed by atoms with E-state index in [9.17, 15) is 9.18 Å². The van der Waals surface area contributed by atoms with Crippen LogP contribution in [0.3, 0.4) is 0 Å². The molecule has 5 nitrogen and oxygen atoms in total. The number of hydrogen-bond acceptors (Lipinski definition) is 4. The lowest BCUT2D eigenvalue weighted by Crippen LogP contribution is -1.97. The third-order valence-electron chi connectivity index (χ3n) is 4.15. The highest BCUT2D eigenvalue weighted by Crippen LogP contribution is 2.43. The molecule has 0 fully saturated rings. The number of oxime groups is 1. The highest BCUT2D eigenvalue weighted by molar-refractivity contribution is 6.21. The maximum absolute atomic E-state index is 13.8. The second kappa shape index (κ2) is 7.74. The zero-order chi connectivity index (χ0) is 18.5. The van der Waals surface area contributed by atoms with Crippen molar-refractivity contribution >= 4 is 29.4 Å². The first-order valence-electron chi connectivity index (χ1n) is 8.06. The van der Waals surface area contributed by atoms with Crippen molar-refractivity contribution in [1.29, 1.82) is 0 Å². The number of benzene rings is 1. The number of rotatable bonds is 6. The summed E-state index contributed by atoms with van der Waals surface area (Å²) in [6, 6.07) is 8.55. The van der Waals surface area contributed by atoms with Crippen LogP contribution < -0.4 is 0 Å². The molecule has 6 heteroatoms. The van der Waals surface area contributed by atoms with Crippen molar-refractivity contribution < 1.29 is 19.1 Å². The van der Waals surface area contributed by atoms with E-state index in [2.05, 4.69) is 10.1 Å².